The second-order valence-electron chi connectivity index (χ2n) is 11.7. The van der Waals surface area contributed by atoms with Crippen LogP contribution < -0.4 is 5.56 Å². The van der Waals surface area contributed by atoms with Gasteiger partial charge in [-0.2, -0.15) is 0 Å². The van der Waals surface area contributed by atoms with Gasteiger partial charge in [-0.15, -0.1) is 0 Å². The van der Waals surface area contributed by atoms with Gasteiger partial charge < -0.3 is 15.1 Å². The smallest absolute Gasteiger partial charge is 0.253 e. The Kier molecular flexibility index (Phi) is 8.00. The number of benzene rings is 1. The minimum atomic E-state index is -1.13. The van der Waals surface area contributed by atoms with Crippen LogP contribution in [0.1, 0.15) is 71.3 Å². The summed E-state index contributed by atoms with van der Waals surface area (Å²) in [6.07, 6.45) is 9.21. The minimum absolute atomic E-state index is 0.000834. The molecule has 7 nitrogen and oxygen atoms in total. The third kappa shape index (κ3) is 5.73. The van der Waals surface area contributed by atoms with Crippen molar-refractivity contribution in [3.8, 4) is 11.3 Å². The van der Waals surface area contributed by atoms with E-state index in [1.165, 1.54) is 49.1 Å². The van der Waals surface area contributed by atoms with Gasteiger partial charge in [0.1, 0.15) is 0 Å². The maximum Gasteiger partial charge on any atom is 0.253 e. The van der Waals surface area contributed by atoms with E-state index in [4.69, 9.17) is 0 Å². The molecule has 1 saturated heterocycles. The number of likely N-dealkylation sites (tertiary alicyclic amines) is 1. The zero-order valence-electron chi connectivity index (χ0n) is 21.9. The number of rotatable bonds is 7. The predicted molar refractivity (Wildman–Crippen MR) is 140 cm³/mol. The Bertz CT molecular complexity index is 1100. The summed E-state index contributed by atoms with van der Waals surface area (Å²) < 4.78 is 1.47. The van der Waals surface area contributed by atoms with Crippen LogP contribution in [0.4, 0.5) is 0 Å². The van der Waals surface area contributed by atoms with Crippen molar-refractivity contribution in [1.29, 1.82) is 0 Å². The summed E-state index contributed by atoms with van der Waals surface area (Å²) in [6.45, 7) is 7.07. The average Bonchev–Trinajstić information content (AvgIpc) is 2.87. The molecule has 7 heteroatoms. The molecule has 0 bridgehead atoms. The van der Waals surface area contributed by atoms with Crippen LogP contribution >= 0.6 is 0 Å². The molecule has 2 heterocycles. The Hall–Kier alpha value is -2.51. The van der Waals surface area contributed by atoms with E-state index < -0.39 is 11.0 Å². The number of carbonyl (C=O) groups excluding carboxylic acids is 1. The molecule has 36 heavy (non-hydrogen) atoms. The molecule has 2 aliphatic rings. The molecular formula is C29H41N3O4. The summed E-state index contributed by atoms with van der Waals surface area (Å²) in [5, 5.41) is 20.9. The Labute approximate surface area is 214 Å². The lowest BCUT2D eigenvalue weighted by atomic mass is 9.69. The summed E-state index contributed by atoms with van der Waals surface area (Å²) in [5.41, 5.74) is 0.208. The van der Waals surface area contributed by atoms with Gasteiger partial charge in [-0.25, -0.2) is 4.98 Å². The van der Waals surface area contributed by atoms with E-state index in [1.54, 1.807) is 12.1 Å². The normalized spacial score (nSPS) is 23.4. The van der Waals surface area contributed by atoms with Gasteiger partial charge in [-0.05, 0) is 24.3 Å². The van der Waals surface area contributed by atoms with Crippen LogP contribution in [-0.2, 0) is 17.9 Å². The Morgan fingerprint density at radius 1 is 1.17 bits per heavy atom. The second kappa shape index (κ2) is 10.9. The highest BCUT2D eigenvalue weighted by Crippen LogP contribution is 2.40. The molecule has 4 rings (SSSR count). The van der Waals surface area contributed by atoms with Crippen LogP contribution in [0.25, 0.3) is 11.3 Å². The molecule has 1 aromatic heterocycles. The van der Waals surface area contributed by atoms with E-state index in [9.17, 15) is 19.8 Å². The zero-order chi connectivity index (χ0) is 25.9. The molecule has 0 radical (unpaired) electrons. The van der Waals surface area contributed by atoms with Crippen LogP contribution in [0.2, 0.25) is 0 Å². The fourth-order valence-corrected chi connectivity index (χ4v) is 5.94. The van der Waals surface area contributed by atoms with E-state index in [-0.39, 0.29) is 30.5 Å². The number of carbonyl (C=O) groups is 1. The van der Waals surface area contributed by atoms with Gasteiger partial charge in [0.2, 0.25) is 5.91 Å². The van der Waals surface area contributed by atoms with Crippen LogP contribution in [0.5, 0.6) is 0 Å². The lowest BCUT2D eigenvalue weighted by Crippen LogP contribution is -2.61. The van der Waals surface area contributed by atoms with Crippen molar-refractivity contribution in [2.24, 2.45) is 17.3 Å². The molecule has 196 valence electrons. The quantitative estimate of drug-likeness (QED) is 0.605. The van der Waals surface area contributed by atoms with Gasteiger partial charge in [0.25, 0.3) is 5.56 Å². The molecule has 2 N–H and O–H groups in total. The molecule has 2 aromatic rings. The molecule has 1 aliphatic carbocycles. The number of hydrogen-bond acceptors (Lipinski definition) is 5. The number of hydrogen-bond donors (Lipinski definition) is 2. The van der Waals surface area contributed by atoms with Crippen molar-refractivity contribution in [2.75, 3.05) is 13.1 Å². The number of piperidine rings is 1. The van der Waals surface area contributed by atoms with Gasteiger partial charge in [0, 0.05) is 36.1 Å². The molecule has 1 aliphatic heterocycles. The summed E-state index contributed by atoms with van der Waals surface area (Å²) in [6, 6.07) is 8.75. The lowest BCUT2D eigenvalue weighted by Gasteiger charge is -2.50. The first-order valence-corrected chi connectivity index (χ1v) is 13.4. The average molecular weight is 496 g/mol. The molecule has 2 fully saturated rings. The molecule has 2 atom stereocenters. The van der Waals surface area contributed by atoms with E-state index in [0.29, 0.717) is 31.1 Å². The molecule has 0 spiro atoms. The van der Waals surface area contributed by atoms with Gasteiger partial charge in [-0.1, -0.05) is 77.1 Å². The van der Waals surface area contributed by atoms with Crippen LogP contribution in [0.3, 0.4) is 0 Å². The van der Waals surface area contributed by atoms with Gasteiger partial charge in [-0.3, -0.25) is 14.2 Å². The Morgan fingerprint density at radius 2 is 1.86 bits per heavy atom. The Morgan fingerprint density at radius 3 is 2.47 bits per heavy atom. The summed E-state index contributed by atoms with van der Waals surface area (Å²) in [5.74, 6) is 0.842. The highest BCUT2D eigenvalue weighted by Gasteiger charge is 2.49. The number of nitrogens with zero attached hydrogens (tertiary/aromatic N) is 3. The molecule has 1 saturated carbocycles. The van der Waals surface area contributed by atoms with Crippen molar-refractivity contribution in [3.05, 3.63) is 52.6 Å². The van der Waals surface area contributed by atoms with E-state index in [2.05, 4.69) is 11.9 Å². The van der Waals surface area contributed by atoms with Crippen LogP contribution in [0, 0.1) is 17.3 Å². The highest BCUT2D eigenvalue weighted by atomic mass is 16.3. The maximum atomic E-state index is 13.3. The Balaban J connectivity index is 1.42. The van der Waals surface area contributed by atoms with Crippen molar-refractivity contribution >= 4 is 5.91 Å². The van der Waals surface area contributed by atoms with Gasteiger partial charge in [0.05, 0.1) is 30.8 Å². The maximum absolute atomic E-state index is 13.3. The van der Waals surface area contributed by atoms with Crippen LogP contribution in [0.15, 0.2) is 41.5 Å². The summed E-state index contributed by atoms with van der Waals surface area (Å²) in [4.78, 5) is 32.6. The highest BCUT2D eigenvalue weighted by molar-refractivity contribution is 5.78. The predicted octanol–water partition coefficient (Wildman–Crippen LogP) is 4.00. The molecule has 1 aromatic carbocycles. The standard InChI is InChI=1S/C29H41N3O4/c1-21(15-22-7-5-4-6-8-22)27(35)31-14-13-29(36,28(2,3)18-31)19-32-20-30-25(16-26(32)34)24-11-9-23(17-33)10-12-24/h9-12,16,20-22,33,36H,4-8,13-15,17-19H2,1-3H3/t21-,29?/m1/s1. The third-order valence-corrected chi connectivity index (χ3v) is 8.53. The van der Waals surface area contributed by atoms with Gasteiger partial charge >= 0.3 is 0 Å². The molecular weight excluding hydrogens is 454 g/mol. The van der Waals surface area contributed by atoms with Crippen molar-refractivity contribution < 1.29 is 15.0 Å². The number of aromatic nitrogens is 2. The van der Waals surface area contributed by atoms with E-state index in [1.807, 2.05) is 30.9 Å². The van der Waals surface area contributed by atoms with Crippen LogP contribution in [-0.4, -0.2) is 49.3 Å². The fraction of sp³-hybridized carbons (Fsp3) is 0.621. The summed E-state index contributed by atoms with van der Waals surface area (Å²) in [7, 11) is 0. The first-order chi connectivity index (χ1) is 17.1. The second-order valence-corrected chi connectivity index (χ2v) is 11.7. The van der Waals surface area contributed by atoms with Crippen molar-refractivity contribution in [3.63, 3.8) is 0 Å². The number of amides is 1. The molecule has 1 amide bonds. The van der Waals surface area contributed by atoms with Crippen molar-refractivity contribution in [2.45, 2.75) is 84.5 Å². The third-order valence-electron chi connectivity index (χ3n) is 8.53. The lowest BCUT2D eigenvalue weighted by molar-refractivity contribution is -0.157. The number of aliphatic hydroxyl groups is 2. The zero-order valence-corrected chi connectivity index (χ0v) is 21.9. The fourth-order valence-electron chi connectivity index (χ4n) is 5.94. The minimum Gasteiger partial charge on any atom is -0.392 e. The summed E-state index contributed by atoms with van der Waals surface area (Å²) >= 11 is 0. The van der Waals surface area contributed by atoms with Gasteiger partial charge in [0.15, 0.2) is 0 Å². The first-order valence-electron chi connectivity index (χ1n) is 13.4. The largest absolute Gasteiger partial charge is 0.392 e. The SMILES string of the molecule is C[C@H](CC1CCCCC1)C(=O)N1CCC(O)(Cn2cnc(-c3ccc(CO)cc3)cc2=O)C(C)(C)C1. The molecule has 1 unspecified atom stereocenters. The van der Waals surface area contributed by atoms with E-state index in [0.717, 1.165) is 17.5 Å². The topological polar surface area (TPSA) is 95.7 Å². The number of aliphatic hydroxyl groups excluding tert-OH is 1. The van der Waals surface area contributed by atoms with Crippen molar-refractivity contribution in [1.82, 2.24) is 14.5 Å². The van der Waals surface area contributed by atoms with E-state index >= 15 is 0 Å². The monoisotopic (exact) mass is 495 g/mol. The first kappa shape index (κ1) is 26.6.